The number of nitrogens with zero attached hydrogens (tertiary/aromatic N) is 3. The fourth-order valence-electron chi connectivity index (χ4n) is 6.64. The quantitative estimate of drug-likeness (QED) is 0.604. The van der Waals surface area contributed by atoms with Crippen LogP contribution in [0.25, 0.3) is 0 Å². The molecule has 4 atom stereocenters. The lowest BCUT2D eigenvalue weighted by molar-refractivity contribution is -0.139. The van der Waals surface area contributed by atoms with Crippen LogP contribution in [0.15, 0.2) is 18.2 Å². The number of fused-ring (bicyclic) bond motifs is 1. The Morgan fingerprint density at radius 3 is 2.53 bits per heavy atom. The van der Waals surface area contributed by atoms with E-state index in [9.17, 15) is 19.5 Å². The van der Waals surface area contributed by atoms with Gasteiger partial charge in [0, 0.05) is 37.4 Å². The number of aliphatic hydroxyl groups excluding tert-OH is 1. The second kappa shape index (κ2) is 10.5. The number of nitrogens with two attached hydrogens (primary N) is 1. The molecule has 0 bridgehead atoms. The van der Waals surface area contributed by atoms with Crippen molar-refractivity contribution >= 4 is 23.3 Å². The Morgan fingerprint density at radius 1 is 1.14 bits per heavy atom. The van der Waals surface area contributed by atoms with Gasteiger partial charge in [-0.25, -0.2) is 0 Å². The number of ketones is 1. The number of Topliss-reactive ketones (excluding diaryl/α,β-unsaturated/α-hetero) is 1. The van der Waals surface area contributed by atoms with E-state index in [4.69, 9.17) is 10.5 Å². The minimum Gasteiger partial charge on any atom is -0.388 e. The molecule has 0 spiro atoms. The number of ether oxygens (including phenoxy) is 1. The monoisotopic (exact) mass is 498 g/mol. The lowest BCUT2D eigenvalue weighted by Crippen LogP contribution is -2.47. The van der Waals surface area contributed by atoms with Gasteiger partial charge in [0.05, 0.1) is 12.5 Å². The van der Waals surface area contributed by atoms with Crippen LogP contribution < -0.4 is 10.6 Å². The van der Waals surface area contributed by atoms with Crippen LogP contribution >= 0.6 is 0 Å². The first-order valence-electron chi connectivity index (χ1n) is 13.4. The summed E-state index contributed by atoms with van der Waals surface area (Å²) in [7, 11) is 0. The molecule has 1 aromatic carbocycles. The van der Waals surface area contributed by atoms with Gasteiger partial charge < -0.3 is 30.3 Å². The Balaban J connectivity index is 1.52. The molecular weight excluding hydrogens is 460 g/mol. The largest absolute Gasteiger partial charge is 0.388 e. The van der Waals surface area contributed by atoms with Gasteiger partial charge in [0.25, 0.3) is 0 Å². The first kappa shape index (κ1) is 25.2. The van der Waals surface area contributed by atoms with E-state index in [1.165, 1.54) is 4.90 Å². The lowest BCUT2D eigenvalue weighted by atomic mass is 9.74. The second-order valence-electron chi connectivity index (χ2n) is 10.7. The van der Waals surface area contributed by atoms with Crippen LogP contribution in [0.5, 0.6) is 0 Å². The van der Waals surface area contributed by atoms with Gasteiger partial charge in [0.2, 0.25) is 11.8 Å². The molecule has 3 aliphatic heterocycles. The van der Waals surface area contributed by atoms with E-state index in [1.54, 1.807) is 6.07 Å². The Morgan fingerprint density at radius 2 is 1.86 bits per heavy atom. The van der Waals surface area contributed by atoms with Crippen LogP contribution in [-0.2, 0) is 14.3 Å². The van der Waals surface area contributed by atoms with E-state index in [0.717, 1.165) is 70.5 Å². The summed E-state index contributed by atoms with van der Waals surface area (Å²) in [5.41, 5.74) is 7.83. The van der Waals surface area contributed by atoms with Crippen LogP contribution in [0.3, 0.4) is 0 Å². The number of carbonyl (C=O) groups excluding carboxylic acids is 3. The zero-order valence-corrected chi connectivity index (χ0v) is 21.1. The van der Waals surface area contributed by atoms with Gasteiger partial charge in [-0.1, -0.05) is 26.2 Å². The number of piperazine rings is 1. The number of primary amides is 1. The zero-order valence-electron chi connectivity index (χ0n) is 21.1. The maximum atomic E-state index is 14.3. The van der Waals surface area contributed by atoms with Gasteiger partial charge in [0.1, 0.15) is 24.9 Å². The SMILES string of the molecule is CCN1CCN(c2ccc(C(N)=O)c([C@@H](C(=O)N3C[C@@H](O)[C@H]4OCC(=O)[C@H]43)C3CCCCC3)c2)CC1. The van der Waals surface area contributed by atoms with Crippen molar-refractivity contribution < 1.29 is 24.2 Å². The molecule has 196 valence electrons. The molecule has 3 saturated heterocycles. The topological polar surface area (TPSA) is 116 Å². The number of benzene rings is 1. The van der Waals surface area contributed by atoms with E-state index in [1.807, 2.05) is 12.1 Å². The number of anilines is 1. The summed E-state index contributed by atoms with van der Waals surface area (Å²) in [6, 6.07) is 4.90. The van der Waals surface area contributed by atoms with Crippen molar-refractivity contribution in [3.8, 4) is 0 Å². The third-order valence-corrected chi connectivity index (χ3v) is 8.65. The highest BCUT2D eigenvalue weighted by atomic mass is 16.5. The van der Waals surface area contributed by atoms with Crippen molar-refractivity contribution in [3.63, 3.8) is 0 Å². The summed E-state index contributed by atoms with van der Waals surface area (Å²) in [5, 5.41) is 10.5. The zero-order chi connectivity index (χ0) is 25.4. The second-order valence-corrected chi connectivity index (χ2v) is 10.7. The number of carbonyl (C=O) groups is 3. The summed E-state index contributed by atoms with van der Waals surface area (Å²) >= 11 is 0. The summed E-state index contributed by atoms with van der Waals surface area (Å²) < 4.78 is 5.51. The molecule has 1 aromatic rings. The molecule has 9 heteroatoms. The lowest BCUT2D eigenvalue weighted by Gasteiger charge is -2.37. The molecule has 36 heavy (non-hydrogen) atoms. The maximum absolute atomic E-state index is 14.3. The highest BCUT2D eigenvalue weighted by Crippen LogP contribution is 2.42. The van der Waals surface area contributed by atoms with Gasteiger partial charge in [0.15, 0.2) is 5.78 Å². The molecule has 0 aromatic heterocycles. The number of hydrogen-bond acceptors (Lipinski definition) is 7. The third kappa shape index (κ3) is 4.64. The van der Waals surface area contributed by atoms with Crippen molar-refractivity contribution in [1.82, 2.24) is 9.80 Å². The minimum atomic E-state index is -0.894. The molecule has 9 nitrogen and oxygen atoms in total. The Bertz CT molecular complexity index is 1000. The summed E-state index contributed by atoms with van der Waals surface area (Å²) in [6.45, 7) is 6.83. The highest BCUT2D eigenvalue weighted by Gasteiger charge is 2.53. The van der Waals surface area contributed by atoms with Crippen LogP contribution in [0.2, 0.25) is 0 Å². The Hall–Kier alpha value is -2.49. The fraction of sp³-hybridized carbons (Fsp3) is 0.667. The van der Waals surface area contributed by atoms with E-state index in [0.29, 0.717) is 11.1 Å². The molecular formula is C27H38N4O5. The number of aliphatic hydroxyl groups is 1. The molecule has 2 amide bonds. The smallest absolute Gasteiger partial charge is 0.249 e. The van der Waals surface area contributed by atoms with Crippen LogP contribution in [0.4, 0.5) is 5.69 Å². The number of rotatable bonds is 6. The number of β-amino-alcohol motifs (C(OH)–C–C–N with tert-alkyl or cyclic N) is 1. The molecule has 4 fully saturated rings. The number of hydrogen-bond donors (Lipinski definition) is 2. The van der Waals surface area contributed by atoms with E-state index in [2.05, 4.69) is 16.7 Å². The average Bonchev–Trinajstić information content (AvgIpc) is 3.45. The molecule has 3 heterocycles. The van der Waals surface area contributed by atoms with E-state index in [-0.39, 0.29) is 30.8 Å². The number of likely N-dealkylation sites (N-methyl/N-ethyl adjacent to an activating group) is 1. The predicted octanol–water partition coefficient (Wildman–Crippen LogP) is 1.13. The van der Waals surface area contributed by atoms with Gasteiger partial charge in [-0.3, -0.25) is 14.4 Å². The van der Waals surface area contributed by atoms with Crippen molar-refractivity contribution in [2.24, 2.45) is 11.7 Å². The maximum Gasteiger partial charge on any atom is 0.249 e. The van der Waals surface area contributed by atoms with Crippen molar-refractivity contribution in [2.75, 3.05) is 50.8 Å². The normalized spacial score (nSPS) is 28.4. The molecule has 0 radical (unpaired) electrons. The standard InChI is InChI=1S/C27H38N4O5/c1-2-29-10-12-30(13-11-29)18-8-9-19(26(28)34)20(14-18)23(17-6-4-3-5-7-17)27(35)31-15-21(32)25-24(31)22(33)16-36-25/h8-9,14,17,21,23-25,32H,2-7,10-13,15-16H2,1H3,(H2,28,34)/t21-,23+,24-,25-/m1/s1. The molecule has 5 rings (SSSR count). The molecule has 1 aliphatic carbocycles. The van der Waals surface area contributed by atoms with Gasteiger partial charge in [-0.05, 0) is 49.1 Å². The average molecular weight is 499 g/mol. The first-order valence-corrected chi connectivity index (χ1v) is 13.4. The van der Waals surface area contributed by atoms with Crippen LogP contribution in [-0.4, -0.2) is 96.6 Å². The molecule has 4 aliphatic rings. The molecule has 0 unspecified atom stereocenters. The van der Waals surface area contributed by atoms with Crippen LogP contribution in [0.1, 0.15) is 60.9 Å². The first-order chi connectivity index (χ1) is 17.4. The van der Waals surface area contributed by atoms with Gasteiger partial charge in [-0.2, -0.15) is 0 Å². The Labute approximate surface area is 212 Å². The van der Waals surface area contributed by atoms with E-state index < -0.39 is 30.1 Å². The summed E-state index contributed by atoms with van der Waals surface area (Å²) in [4.78, 5) is 45.7. The summed E-state index contributed by atoms with van der Waals surface area (Å²) in [5.74, 6) is -1.48. The van der Waals surface area contributed by atoms with Gasteiger partial charge in [-0.15, -0.1) is 0 Å². The number of likely N-dealkylation sites (tertiary alicyclic amines) is 1. The fourth-order valence-corrected chi connectivity index (χ4v) is 6.64. The van der Waals surface area contributed by atoms with E-state index >= 15 is 0 Å². The minimum absolute atomic E-state index is 0.0464. The van der Waals surface area contributed by atoms with Crippen molar-refractivity contribution in [3.05, 3.63) is 29.3 Å². The predicted molar refractivity (Wildman–Crippen MR) is 135 cm³/mol. The summed E-state index contributed by atoms with van der Waals surface area (Å²) in [6.07, 6.45) is 3.36. The molecule has 1 saturated carbocycles. The highest BCUT2D eigenvalue weighted by molar-refractivity contribution is 5.99. The number of amides is 2. The Kier molecular flexibility index (Phi) is 7.32. The van der Waals surface area contributed by atoms with Gasteiger partial charge >= 0.3 is 0 Å². The van der Waals surface area contributed by atoms with Crippen molar-refractivity contribution in [1.29, 1.82) is 0 Å². The molecule has 3 N–H and O–H groups in total. The van der Waals surface area contributed by atoms with Crippen molar-refractivity contribution in [2.45, 2.75) is 63.2 Å². The van der Waals surface area contributed by atoms with Crippen LogP contribution in [0, 0.1) is 5.92 Å². The third-order valence-electron chi connectivity index (χ3n) is 8.65.